The van der Waals surface area contributed by atoms with Crippen LogP contribution in [0.2, 0.25) is 0 Å². The van der Waals surface area contributed by atoms with Crippen LogP contribution in [0.4, 0.5) is 0 Å². The smallest absolute Gasteiger partial charge is 0.0596 e. The summed E-state index contributed by atoms with van der Waals surface area (Å²) in [6.45, 7) is 1.62. The van der Waals surface area contributed by atoms with Gasteiger partial charge in [-0.05, 0) is 55.6 Å². The molecular weight excluding hydrogens is 236 g/mol. The standard InChI is InChI=1S/C17H24O2/c18-17(15-8-4-10-19-12-15)11-14-7-3-6-13-5-1-2-9-16(13)14/h1-2,5,9,14-15,17-18H,3-4,6-8,10-12H2. The van der Waals surface area contributed by atoms with Crippen molar-refractivity contribution < 1.29 is 9.84 Å². The van der Waals surface area contributed by atoms with Gasteiger partial charge in [0.1, 0.15) is 0 Å². The molecule has 3 atom stereocenters. The van der Waals surface area contributed by atoms with Crippen LogP contribution in [0.3, 0.4) is 0 Å². The van der Waals surface area contributed by atoms with E-state index in [0.29, 0.717) is 11.8 Å². The van der Waals surface area contributed by atoms with E-state index in [4.69, 9.17) is 4.74 Å². The molecule has 2 nitrogen and oxygen atoms in total. The summed E-state index contributed by atoms with van der Waals surface area (Å²) in [5, 5.41) is 10.5. The first-order valence-corrected chi connectivity index (χ1v) is 7.68. The first kappa shape index (κ1) is 13.1. The van der Waals surface area contributed by atoms with Crippen LogP contribution < -0.4 is 0 Å². The molecule has 3 unspecified atom stereocenters. The number of ether oxygens (including phenoxy) is 1. The maximum Gasteiger partial charge on any atom is 0.0596 e. The topological polar surface area (TPSA) is 29.5 Å². The molecule has 19 heavy (non-hydrogen) atoms. The van der Waals surface area contributed by atoms with E-state index in [9.17, 15) is 5.11 Å². The van der Waals surface area contributed by atoms with Crippen LogP contribution in [-0.4, -0.2) is 24.4 Å². The molecule has 0 bridgehead atoms. The highest BCUT2D eigenvalue weighted by Gasteiger charge is 2.28. The zero-order chi connectivity index (χ0) is 13.1. The fourth-order valence-corrected chi connectivity index (χ4v) is 3.65. The third-order valence-corrected chi connectivity index (χ3v) is 4.76. The number of benzene rings is 1. The van der Waals surface area contributed by atoms with Gasteiger partial charge >= 0.3 is 0 Å². The fourth-order valence-electron chi connectivity index (χ4n) is 3.65. The van der Waals surface area contributed by atoms with Crippen LogP contribution >= 0.6 is 0 Å². The van der Waals surface area contributed by atoms with E-state index in [2.05, 4.69) is 24.3 Å². The zero-order valence-electron chi connectivity index (χ0n) is 11.6. The van der Waals surface area contributed by atoms with Gasteiger partial charge in [0.2, 0.25) is 0 Å². The summed E-state index contributed by atoms with van der Waals surface area (Å²) >= 11 is 0. The molecule has 2 heteroatoms. The Balaban J connectivity index is 1.66. The summed E-state index contributed by atoms with van der Waals surface area (Å²) in [5.74, 6) is 0.893. The SMILES string of the molecule is OC(CC1CCCc2ccccc21)C1CCCOC1. The molecule has 0 amide bonds. The van der Waals surface area contributed by atoms with E-state index in [-0.39, 0.29) is 6.10 Å². The molecule has 2 aliphatic rings. The lowest BCUT2D eigenvalue weighted by atomic mass is 9.78. The Morgan fingerprint density at radius 3 is 2.95 bits per heavy atom. The predicted octanol–water partition coefficient (Wildman–Crippen LogP) is 3.28. The number of rotatable bonds is 3. The minimum absolute atomic E-state index is 0.198. The molecule has 1 aromatic carbocycles. The monoisotopic (exact) mass is 260 g/mol. The summed E-state index contributed by atoms with van der Waals surface area (Å²) in [4.78, 5) is 0. The first-order valence-electron chi connectivity index (χ1n) is 7.68. The van der Waals surface area contributed by atoms with E-state index in [1.165, 1.54) is 30.4 Å². The van der Waals surface area contributed by atoms with E-state index >= 15 is 0 Å². The number of fused-ring (bicyclic) bond motifs is 1. The van der Waals surface area contributed by atoms with Gasteiger partial charge in [-0.3, -0.25) is 0 Å². The van der Waals surface area contributed by atoms with Crippen LogP contribution in [0.1, 0.15) is 49.1 Å². The van der Waals surface area contributed by atoms with Gasteiger partial charge < -0.3 is 9.84 Å². The minimum Gasteiger partial charge on any atom is -0.393 e. The maximum atomic E-state index is 10.5. The summed E-state index contributed by atoms with van der Waals surface area (Å²) in [5.41, 5.74) is 2.97. The van der Waals surface area contributed by atoms with Gasteiger partial charge in [0, 0.05) is 12.5 Å². The molecule has 1 N–H and O–H groups in total. The molecule has 0 aromatic heterocycles. The number of aliphatic hydroxyl groups excluding tert-OH is 1. The second kappa shape index (κ2) is 6.06. The van der Waals surface area contributed by atoms with Crippen molar-refractivity contribution in [3.63, 3.8) is 0 Å². The van der Waals surface area contributed by atoms with Crippen LogP contribution in [0.25, 0.3) is 0 Å². The van der Waals surface area contributed by atoms with Crippen molar-refractivity contribution in [3.8, 4) is 0 Å². The highest BCUT2D eigenvalue weighted by atomic mass is 16.5. The molecule has 1 fully saturated rings. The molecule has 1 saturated heterocycles. The van der Waals surface area contributed by atoms with Gasteiger partial charge in [-0.1, -0.05) is 24.3 Å². The Morgan fingerprint density at radius 2 is 2.11 bits per heavy atom. The van der Waals surface area contributed by atoms with Crippen LogP contribution in [0.5, 0.6) is 0 Å². The number of hydrogen-bond donors (Lipinski definition) is 1. The van der Waals surface area contributed by atoms with Gasteiger partial charge in [0.25, 0.3) is 0 Å². The number of aliphatic hydroxyl groups is 1. The van der Waals surface area contributed by atoms with Crippen molar-refractivity contribution in [1.29, 1.82) is 0 Å². The third kappa shape index (κ3) is 3.01. The maximum absolute atomic E-state index is 10.5. The van der Waals surface area contributed by atoms with Crippen LogP contribution in [0, 0.1) is 5.92 Å². The number of hydrogen-bond acceptors (Lipinski definition) is 2. The molecule has 1 aliphatic carbocycles. The fraction of sp³-hybridized carbons (Fsp3) is 0.647. The highest BCUT2D eigenvalue weighted by Crippen LogP contribution is 2.36. The summed E-state index contributed by atoms with van der Waals surface area (Å²) in [6, 6.07) is 8.76. The Kier molecular flexibility index (Phi) is 4.19. The van der Waals surface area contributed by atoms with Gasteiger partial charge in [0.15, 0.2) is 0 Å². The largest absolute Gasteiger partial charge is 0.393 e. The number of aryl methyl sites for hydroxylation is 1. The second-order valence-corrected chi connectivity index (χ2v) is 6.07. The Hall–Kier alpha value is -0.860. The van der Waals surface area contributed by atoms with Crippen molar-refractivity contribution in [3.05, 3.63) is 35.4 Å². The Labute approximate surface area is 115 Å². The van der Waals surface area contributed by atoms with Crippen molar-refractivity contribution >= 4 is 0 Å². The summed E-state index contributed by atoms with van der Waals surface area (Å²) < 4.78 is 5.50. The Bertz CT molecular complexity index is 409. The molecule has 1 aromatic rings. The van der Waals surface area contributed by atoms with E-state index in [1.54, 1.807) is 0 Å². The van der Waals surface area contributed by atoms with Gasteiger partial charge in [0.05, 0.1) is 12.7 Å². The van der Waals surface area contributed by atoms with Crippen molar-refractivity contribution in [1.82, 2.24) is 0 Å². The van der Waals surface area contributed by atoms with E-state index in [1.807, 2.05) is 0 Å². The summed E-state index contributed by atoms with van der Waals surface area (Å²) in [6.07, 6.45) is 6.62. The molecule has 0 saturated carbocycles. The highest BCUT2D eigenvalue weighted by molar-refractivity contribution is 5.32. The Morgan fingerprint density at radius 1 is 1.21 bits per heavy atom. The second-order valence-electron chi connectivity index (χ2n) is 6.07. The molecule has 1 heterocycles. The third-order valence-electron chi connectivity index (χ3n) is 4.76. The van der Waals surface area contributed by atoms with E-state index in [0.717, 1.165) is 32.5 Å². The molecule has 1 aliphatic heterocycles. The van der Waals surface area contributed by atoms with Crippen molar-refractivity contribution in [2.45, 2.75) is 50.5 Å². The molecule has 0 spiro atoms. The normalized spacial score (nSPS) is 28.7. The molecule has 3 rings (SSSR count). The quantitative estimate of drug-likeness (QED) is 0.903. The van der Waals surface area contributed by atoms with Crippen molar-refractivity contribution in [2.24, 2.45) is 5.92 Å². The molecule has 104 valence electrons. The average Bonchev–Trinajstić information content (AvgIpc) is 2.48. The molecule has 0 radical (unpaired) electrons. The predicted molar refractivity (Wildman–Crippen MR) is 76.3 cm³/mol. The van der Waals surface area contributed by atoms with Crippen LogP contribution in [-0.2, 0) is 11.2 Å². The van der Waals surface area contributed by atoms with E-state index < -0.39 is 0 Å². The molecular formula is C17H24O2. The van der Waals surface area contributed by atoms with Crippen LogP contribution in [0.15, 0.2) is 24.3 Å². The zero-order valence-corrected chi connectivity index (χ0v) is 11.6. The minimum atomic E-state index is -0.198. The van der Waals surface area contributed by atoms with Gasteiger partial charge in [-0.2, -0.15) is 0 Å². The summed E-state index contributed by atoms with van der Waals surface area (Å²) in [7, 11) is 0. The lowest BCUT2D eigenvalue weighted by Crippen LogP contribution is -2.31. The van der Waals surface area contributed by atoms with Gasteiger partial charge in [-0.15, -0.1) is 0 Å². The average molecular weight is 260 g/mol. The first-order chi connectivity index (χ1) is 9.34. The van der Waals surface area contributed by atoms with Gasteiger partial charge in [-0.25, -0.2) is 0 Å². The lowest BCUT2D eigenvalue weighted by molar-refractivity contribution is -0.0148. The van der Waals surface area contributed by atoms with Crippen molar-refractivity contribution in [2.75, 3.05) is 13.2 Å². The lowest BCUT2D eigenvalue weighted by Gasteiger charge is -2.32.